The average Bonchev–Trinajstić information content (AvgIpc) is 2.48. The van der Waals surface area contributed by atoms with Crippen LogP contribution >= 0.6 is 0 Å². The molecular formula is C17H28N2O3. The number of amides is 2. The molecule has 5 nitrogen and oxygen atoms in total. The molecule has 1 N–H and O–H groups in total. The smallest absolute Gasteiger partial charge is 0.246 e. The van der Waals surface area contributed by atoms with E-state index in [9.17, 15) is 9.59 Å². The molecule has 2 fully saturated rings. The summed E-state index contributed by atoms with van der Waals surface area (Å²) in [4.78, 5) is 25.2. The van der Waals surface area contributed by atoms with E-state index in [1.165, 1.54) is 17.4 Å². The highest BCUT2D eigenvalue weighted by atomic mass is 16.5. The van der Waals surface area contributed by atoms with E-state index in [2.05, 4.69) is 18.8 Å². The molecule has 1 unspecified atom stereocenters. The number of likely N-dealkylation sites (N-methyl/N-ethyl adjacent to an activating group) is 1. The molecule has 0 radical (unpaired) electrons. The molecule has 0 bridgehead atoms. The van der Waals surface area contributed by atoms with Gasteiger partial charge in [-0.1, -0.05) is 13.5 Å². The highest BCUT2D eigenvalue weighted by molar-refractivity contribution is 5.90. The van der Waals surface area contributed by atoms with Gasteiger partial charge in [0.25, 0.3) is 0 Å². The van der Waals surface area contributed by atoms with Crippen LogP contribution in [0.15, 0.2) is 12.7 Å². The lowest BCUT2D eigenvalue weighted by atomic mass is 9.66. The maximum Gasteiger partial charge on any atom is 0.246 e. The van der Waals surface area contributed by atoms with Gasteiger partial charge in [-0.3, -0.25) is 9.59 Å². The van der Waals surface area contributed by atoms with Gasteiger partial charge in [-0.2, -0.15) is 0 Å². The molecule has 1 saturated carbocycles. The molecule has 2 rings (SSSR count). The highest BCUT2D eigenvalue weighted by Crippen LogP contribution is 2.48. The van der Waals surface area contributed by atoms with Gasteiger partial charge in [0.2, 0.25) is 11.8 Å². The van der Waals surface area contributed by atoms with Crippen LogP contribution in [-0.4, -0.2) is 48.6 Å². The van der Waals surface area contributed by atoms with E-state index in [0.717, 1.165) is 32.3 Å². The van der Waals surface area contributed by atoms with E-state index in [-0.39, 0.29) is 29.4 Å². The number of hydrogen-bond donors (Lipinski definition) is 1. The summed E-state index contributed by atoms with van der Waals surface area (Å²) >= 11 is 0. The van der Waals surface area contributed by atoms with E-state index in [4.69, 9.17) is 4.74 Å². The quantitative estimate of drug-likeness (QED) is 0.762. The van der Waals surface area contributed by atoms with Crippen molar-refractivity contribution in [2.24, 2.45) is 5.41 Å². The summed E-state index contributed by atoms with van der Waals surface area (Å²) in [6.45, 7) is 9.58. The van der Waals surface area contributed by atoms with Crippen molar-refractivity contribution in [3.63, 3.8) is 0 Å². The lowest BCUT2D eigenvalue weighted by Gasteiger charge is -2.51. The Morgan fingerprint density at radius 2 is 2.09 bits per heavy atom. The second-order valence-corrected chi connectivity index (χ2v) is 6.96. The van der Waals surface area contributed by atoms with E-state index in [1.54, 1.807) is 0 Å². The van der Waals surface area contributed by atoms with Gasteiger partial charge in [0.05, 0.1) is 12.1 Å². The summed E-state index contributed by atoms with van der Waals surface area (Å²) in [5, 5.41) is 3.00. The van der Waals surface area contributed by atoms with Crippen molar-refractivity contribution in [3.05, 3.63) is 12.7 Å². The fraction of sp³-hybridized carbons (Fsp3) is 0.765. The number of ether oxygens (including phenoxy) is 1. The first kappa shape index (κ1) is 17.0. The summed E-state index contributed by atoms with van der Waals surface area (Å²) < 4.78 is 5.95. The Kier molecular flexibility index (Phi) is 5.27. The van der Waals surface area contributed by atoms with Crippen LogP contribution < -0.4 is 5.32 Å². The molecule has 1 heterocycles. The normalized spacial score (nSPS) is 26.1. The van der Waals surface area contributed by atoms with E-state index in [0.29, 0.717) is 13.1 Å². The molecule has 0 aromatic carbocycles. The number of nitrogens with zero attached hydrogens (tertiary/aromatic N) is 1. The third kappa shape index (κ3) is 3.88. The van der Waals surface area contributed by atoms with Crippen molar-refractivity contribution in [1.82, 2.24) is 10.2 Å². The Bertz CT molecular complexity index is 445. The Morgan fingerprint density at radius 3 is 2.64 bits per heavy atom. The third-order valence-electron chi connectivity index (χ3n) is 5.04. The summed E-state index contributed by atoms with van der Waals surface area (Å²) in [5.74, 6) is -0.309. The van der Waals surface area contributed by atoms with Gasteiger partial charge in [-0.25, -0.2) is 0 Å². The minimum Gasteiger partial charge on any atom is -0.375 e. The molecule has 0 aromatic heterocycles. The van der Waals surface area contributed by atoms with Gasteiger partial charge < -0.3 is 15.0 Å². The first-order valence-corrected chi connectivity index (χ1v) is 8.24. The molecule has 1 atom stereocenters. The Balaban J connectivity index is 1.82. The molecule has 124 valence electrons. The lowest BCUT2D eigenvalue weighted by Crippen LogP contribution is -2.52. The van der Waals surface area contributed by atoms with Crippen molar-refractivity contribution >= 4 is 11.8 Å². The Labute approximate surface area is 133 Å². The molecular weight excluding hydrogens is 280 g/mol. The molecule has 1 saturated heterocycles. The van der Waals surface area contributed by atoms with Crippen LogP contribution in [0.1, 0.15) is 46.0 Å². The third-order valence-corrected chi connectivity index (χ3v) is 5.04. The van der Waals surface area contributed by atoms with Crippen molar-refractivity contribution in [3.8, 4) is 0 Å². The second kappa shape index (κ2) is 6.82. The number of carbonyl (C=O) groups is 2. The van der Waals surface area contributed by atoms with Crippen LogP contribution in [0, 0.1) is 5.41 Å². The number of hydrogen-bond acceptors (Lipinski definition) is 3. The van der Waals surface area contributed by atoms with Crippen LogP contribution in [0.4, 0.5) is 0 Å². The standard InChI is InChI=1S/C17H28N2O3/c1-4-15(21)19(5-2)11-14(20)18-13-16(3)9-10-22-17(12-16)7-6-8-17/h4H,1,5-13H2,2-3H3,(H,18,20). The Morgan fingerprint density at radius 1 is 1.36 bits per heavy atom. The predicted molar refractivity (Wildman–Crippen MR) is 85.3 cm³/mol. The summed E-state index contributed by atoms with van der Waals surface area (Å²) in [6.07, 6.45) is 6.78. The molecule has 22 heavy (non-hydrogen) atoms. The second-order valence-electron chi connectivity index (χ2n) is 6.96. The monoisotopic (exact) mass is 308 g/mol. The molecule has 0 aromatic rings. The first-order chi connectivity index (χ1) is 10.4. The van der Waals surface area contributed by atoms with Crippen LogP contribution in [0.5, 0.6) is 0 Å². The molecule has 1 aliphatic heterocycles. The lowest BCUT2D eigenvalue weighted by molar-refractivity contribution is -0.163. The zero-order valence-electron chi connectivity index (χ0n) is 13.8. The van der Waals surface area contributed by atoms with Gasteiger partial charge in [0.1, 0.15) is 0 Å². The van der Waals surface area contributed by atoms with Crippen LogP contribution in [0.25, 0.3) is 0 Å². The maximum atomic E-state index is 12.1. The van der Waals surface area contributed by atoms with Gasteiger partial charge >= 0.3 is 0 Å². The number of rotatable bonds is 6. The zero-order valence-corrected chi connectivity index (χ0v) is 13.8. The summed E-state index contributed by atoms with van der Waals surface area (Å²) in [6, 6.07) is 0. The number of carbonyl (C=O) groups excluding carboxylic acids is 2. The predicted octanol–water partition coefficient (Wildman–Crippen LogP) is 1.88. The number of nitrogens with one attached hydrogen (secondary N) is 1. The molecule has 5 heteroatoms. The van der Waals surface area contributed by atoms with Gasteiger partial charge in [0.15, 0.2) is 0 Å². The fourth-order valence-corrected chi connectivity index (χ4v) is 3.49. The zero-order chi connectivity index (χ0) is 16.2. The summed E-state index contributed by atoms with van der Waals surface area (Å²) in [7, 11) is 0. The van der Waals surface area contributed by atoms with Crippen molar-refractivity contribution < 1.29 is 14.3 Å². The highest BCUT2D eigenvalue weighted by Gasteiger charge is 2.47. The first-order valence-electron chi connectivity index (χ1n) is 8.24. The van der Waals surface area contributed by atoms with Crippen LogP contribution in [0.3, 0.4) is 0 Å². The van der Waals surface area contributed by atoms with E-state index in [1.807, 2.05) is 6.92 Å². The molecule has 2 amide bonds. The van der Waals surface area contributed by atoms with E-state index >= 15 is 0 Å². The minimum absolute atomic E-state index is 0.0754. The van der Waals surface area contributed by atoms with Gasteiger partial charge in [0, 0.05) is 19.7 Å². The minimum atomic E-state index is -0.205. The van der Waals surface area contributed by atoms with Crippen molar-refractivity contribution in [1.29, 1.82) is 0 Å². The Hall–Kier alpha value is -1.36. The maximum absolute atomic E-state index is 12.1. The largest absolute Gasteiger partial charge is 0.375 e. The van der Waals surface area contributed by atoms with Crippen molar-refractivity contribution in [2.75, 3.05) is 26.2 Å². The van der Waals surface area contributed by atoms with Gasteiger partial charge in [-0.15, -0.1) is 0 Å². The van der Waals surface area contributed by atoms with Crippen LogP contribution in [-0.2, 0) is 14.3 Å². The SMILES string of the molecule is C=CC(=O)N(CC)CC(=O)NCC1(C)CCOC2(CCC2)C1. The molecule has 2 aliphatic rings. The summed E-state index contributed by atoms with van der Waals surface area (Å²) in [5.41, 5.74) is 0.166. The molecule has 1 spiro atoms. The average molecular weight is 308 g/mol. The van der Waals surface area contributed by atoms with Crippen molar-refractivity contribution in [2.45, 2.75) is 51.6 Å². The fourth-order valence-electron chi connectivity index (χ4n) is 3.49. The van der Waals surface area contributed by atoms with E-state index < -0.39 is 0 Å². The topological polar surface area (TPSA) is 58.6 Å². The van der Waals surface area contributed by atoms with Crippen LogP contribution in [0.2, 0.25) is 0 Å². The molecule has 1 aliphatic carbocycles. The van der Waals surface area contributed by atoms with Gasteiger partial charge in [-0.05, 0) is 50.5 Å².